The lowest BCUT2D eigenvalue weighted by Crippen LogP contribution is -2.35. The summed E-state index contributed by atoms with van der Waals surface area (Å²) in [5, 5.41) is 2.91. The van der Waals surface area contributed by atoms with Gasteiger partial charge in [0.05, 0.1) is 20.3 Å². The van der Waals surface area contributed by atoms with Gasteiger partial charge in [0, 0.05) is 16.8 Å². The van der Waals surface area contributed by atoms with Gasteiger partial charge in [-0.25, -0.2) is 0 Å². The Morgan fingerprint density at radius 1 is 0.861 bits per heavy atom. The normalized spacial score (nSPS) is 12.4. The summed E-state index contributed by atoms with van der Waals surface area (Å²) in [7, 11) is 3.16. The molecule has 8 heteroatoms. The summed E-state index contributed by atoms with van der Waals surface area (Å²) in [6.45, 7) is 3.08. The maximum absolute atomic E-state index is 12.8. The average molecular weight is 487 g/mol. The zero-order valence-electron chi connectivity index (χ0n) is 20.0. The van der Waals surface area contributed by atoms with Crippen LogP contribution in [0.2, 0.25) is 0 Å². The van der Waals surface area contributed by atoms with E-state index in [-0.39, 0.29) is 12.5 Å². The summed E-state index contributed by atoms with van der Waals surface area (Å²) in [5.74, 6) is -0.149. The number of hydrogen-bond acceptors (Lipinski definition) is 6. The van der Waals surface area contributed by atoms with Gasteiger partial charge >= 0.3 is 5.97 Å². The molecule has 0 aromatic heterocycles. The molecule has 0 unspecified atom stereocenters. The van der Waals surface area contributed by atoms with Crippen LogP contribution in [0.4, 0.5) is 0 Å². The second kappa shape index (κ2) is 10.8. The van der Waals surface area contributed by atoms with Crippen LogP contribution in [0, 0.1) is 0 Å². The van der Waals surface area contributed by atoms with Crippen LogP contribution in [0.5, 0.6) is 11.5 Å². The summed E-state index contributed by atoms with van der Waals surface area (Å²) in [6, 6.07) is 21.1. The number of methoxy groups -OCH3 is 2. The van der Waals surface area contributed by atoms with Crippen molar-refractivity contribution in [1.29, 1.82) is 0 Å². The standard InChI is InChI=1S/C28H26N2O6/c1-18-23-6-4-5-7-24(23)28(33)30(18)16-26(32)36-17-25(31)29-27(19-8-12-21(34-2)13-9-19)20-10-14-22(35-3)15-11-20/h4-15,27H,1,16-17H2,2-3H3,(H,29,31). The molecular weight excluding hydrogens is 460 g/mol. The number of nitrogens with zero attached hydrogens (tertiary/aromatic N) is 1. The number of ether oxygens (including phenoxy) is 3. The van der Waals surface area contributed by atoms with Crippen LogP contribution in [0.15, 0.2) is 79.4 Å². The van der Waals surface area contributed by atoms with E-state index in [0.29, 0.717) is 28.3 Å². The van der Waals surface area contributed by atoms with Crippen molar-refractivity contribution in [2.75, 3.05) is 27.4 Å². The van der Waals surface area contributed by atoms with Gasteiger partial charge in [0.1, 0.15) is 18.0 Å². The van der Waals surface area contributed by atoms with E-state index in [9.17, 15) is 14.4 Å². The second-order valence-electron chi connectivity index (χ2n) is 8.09. The highest BCUT2D eigenvalue weighted by molar-refractivity contribution is 6.10. The van der Waals surface area contributed by atoms with Crippen molar-refractivity contribution in [1.82, 2.24) is 10.2 Å². The van der Waals surface area contributed by atoms with Crippen molar-refractivity contribution >= 4 is 23.5 Å². The van der Waals surface area contributed by atoms with Crippen molar-refractivity contribution in [3.63, 3.8) is 0 Å². The van der Waals surface area contributed by atoms with Crippen LogP contribution in [0.3, 0.4) is 0 Å². The maximum Gasteiger partial charge on any atom is 0.326 e. The number of carbonyl (C=O) groups is 3. The molecule has 2 amide bonds. The number of fused-ring (bicyclic) bond motifs is 1. The second-order valence-corrected chi connectivity index (χ2v) is 8.09. The summed E-state index contributed by atoms with van der Waals surface area (Å²) in [6.07, 6.45) is 0. The Bertz CT molecular complexity index is 1200. The number of nitrogens with one attached hydrogen (secondary N) is 1. The molecule has 0 fully saturated rings. The molecule has 36 heavy (non-hydrogen) atoms. The van der Waals surface area contributed by atoms with E-state index in [0.717, 1.165) is 11.1 Å². The molecule has 0 saturated heterocycles. The van der Waals surface area contributed by atoms with Crippen molar-refractivity contribution in [3.8, 4) is 11.5 Å². The summed E-state index contributed by atoms with van der Waals surface area (Å²) < 4.78 is 15.6. The van der Waals surface area contributed by atoms with Crippen LogP contribution in [-0.2, 0) is 14.3 Å². The van der Waals surface area contributed by atoms with Gasteiger partial charge in [-0.15, -0.1) is 0 Å². The Hall–Kier alpha value is -4.59. The van der Waals surface area contributed by atoms with E-state index in [1.165, 1.54) is 4.90 Å². The van der Waals surface area contributed by atoms with Gasteiger partial charge < -0.3 is 19.5 Å². The number of hydrogen-bond donors (Lipinski definition) is 1. The fraction of sp³-hybridized carbons (Fsp3) is 0.179. The molecule has 0 radical (unpaired) electrons. The van der Waals surface area contributed by atoms with Gasteiger partial charge in [0.2, 0.25) is 0 Å². The predicted octanol–water partition coefficient (Wildman–Crippen LogP) is 3.58. The highest BCUT2D eigenvalue weighted by Gasteiger charge is 2.32. The van der Waals surface area contributed by atoms with Crippen molar-refractivity contribution in [2.45, 2.75) is 6.04 Å². The number of esters is 1. The molecule has 0 atom stereocenters. The topological polar surface area (TPSA) is 94.2 Å². The summed E-state index contributed by atoms with van der Waals surface area (Å²) in [4.78, 5) is 39.1. The average Bonchev–Trinajstić information content (AvgIpc) is 3.15. The Morgan fingerprint density at radius 2 is 1.39 bits per heavy atom. The molecule has 1 aliphatic heterocycles. The quantitative estimate of drug-likeness (QED) is 0.465. The Labute approximate surface area is 209 Å². The van der Waals surface area contributed by atoms with Crippen molar-refractivity contribution < 1.29 is 28.6 Å². The smallest absolute Gasteiger partial charge is 0.326 e. The highest BCUT2D eigenvalue weighted by atomic mass is 16.5. The Kier molecular flexibility index (Phi) is 7.34. The van der Waals surface area contributed by atoms with Crippen LogP contribution in [0.1, 0.15) is 33.1 Å². The predicted molar refractivity (Wildman–Crippen MR) is 133 cm³/mol. The lowest BCUT2D eigenvalue weighted by molar-refractivity contribution is -0.148. The fourth-order valence-electron chi connectivity index (χ4n) is 3.98. The molecule has 3 aromatic rings. The molecule has 0 spiro atoms. The lowest BCUT2D eigenvalue weighted by Gasteiger charge is -2.21. The monoisotopic (exact) mass is 486 g/mol. The van der Waals surface area contributed by atoms with E-state index in [2.05, 4.69) is 11.9 Å². The van der Waals surface area contributed by atoms with Gasteiger partial charge in [-0.3, -0.25) is 19.3 Å². The summed E-state index contributed by atoms with van der Waals surface area (Å²) >= 11 is 0. The van der Waals surface area contributed by atoms with Gasteiger partial charge in [0.25, 0.3) is 11.8 Å². The zero-order valence-corrected chi connectivity index (χ0v) is 20.0. The van der Waals surface area contributed by atoms with E-state index < -0.39 is 24.5 Å². The molecule has 1 aliphatic rings. The first-order valence-electron chi connectivity index (χ1n) is 11.2. The number of amides is 2. The number of benzene rings is 3. The van der Waals surface area contributed by atoms with Gasteiger partial charge in [-0.1, -0.05) is 49.0 Å². The molecule has 4 rings (SSSR count). The number of carbonyl (C=O) groups excluding carboxylic acids is 3. The Morgan fingerprint density at radius 3 is 1.89 bits per heavy atom. The van der Waals surface area contributed by atoms with Crippen LogP contribution in [0.25, 0.3) is 5.70 Å². The molecule has 3 aromatic carbocycles. The minimum Gasteiger partial charge on any atom is -0.497 e. The van der Waals surface area contributed by atoms with E-state index in [1.54, 1.807) is 62.8 Å². The third-order valence-electron chi connectivity index (χ3n) is 5.89. The molecule has 1 N–H and O–H groups in total. The maximum atomic E-state index is 12.8. The molecule has 1 heterocycles. The van der Waals surface area contributed by atoms with E-state index >= 15 is 0 Å². The highest BCUT2D eigenvalue weighted by Crippen LogP contribution is 2.31. The zero-order chi connectivity index (χ0) is 25.7. The Balaban J connectivity index is 1.40. The van der Waals surface area contributed by atoms with Crippen LogP contribution >= 0.6 is 0 Å². The third kappa shape index (κ3) is 5.22. The lowest BCUT2D eigenvalue weighted by atomic mass is 9.98. The molecule has 0 bridgehead atoms. The first-order valence-corrected chi connectivity index (χ1v) is 11.2. The van der Waals surface area contributed by atoms with Crippen LogP contribution in [-0.4, -0.2) is 50.1 Å². The first kappa shape index (κ1) is 24.5. The molecule has 8 nitrogen and oxygen atoms in total. The van der Waals surface area contributed by atoms with Gasteiger partial charge in [-0.05, 0) is 41.5 Å². The van der Waals surface area contributed by atoms with Crippen molar-refractivity contribution in [3.05, 3.63) is 102 Å². The van der Waals surface area contributed by atoms with Gasteiger partial charge in [-0.2, -0.15) is 0 Å². The van der Waals surface area contributed by atoms with Crippen LogP contribution < -0.4 is 14.8 Å². The van der Waals surface area contributed by atoms with E-state index in [4.69, 9.17) is 14.2 Å². The number of rotatable bonds is 9. The minimum atomic E-state index is -0.710. The SMILES string of the molecule is C=C1c2ccccc2C(=O)N1CC(=O)OCC(=O)NC(c1ccc(OC)cc1)c1ccc(OC)cc1. The third-order valence-corrected chi connectivity index (χ3v) is 5.89. The summed E-state index contributed by atoms with van der Waals surface area (Å²) in [5.41, 5.74) is 3.22. The molecule has 0 aliphatic carbocycles. The fourth-order valence-corrected chi connectivity index (χ4v) is 3.98. The van der Waals surface area contributed by atoms with Gasteiger partial charge in [0.15, 0.2) is 6.61 Å². The molecule has 0 saturated carbocycles. The van der Waals surface area contributed by atoms with Crippen molar-refractivity contribution in [2.24, 2.45) is 0 Å². The minimum absolute atomic E-state index is 0.323. The molecular formula is C28H26N2O6. The van der Waals surface area contributed by atoms with E-state index in [1.807, 2.05) is 24.3 Å². The largest absolute Gasteiger partial charge is 0.497 e. The molecule has 184 valence electrons. The first-order chi connectivity index (χ1) is 17.4.